The van der Waals surface area contributed by atoms with Crippen molar-refractivity contribution in [2.24, 2.45) is 11.3 Å². The molecule has 70 valence electrons. The predicted molar refractivity (Wildman–Crippen MR) is 51.9 cm³/mol. The Bertz CT molecular complexity index is 164. The van der Waals surface area contributed by atoms with Gasteiger partial charge < -0.3 is 5.11 Å². The van der Waals surface area contributed by atoms with Crippen molar-refractivity contribution in [1.29, 1.82) is 0 Å². The maximum atomic E-state index is 9.81. The van der Waals surface area contributed by atoms with E-state index in [1.54, 1.807) is 0 Å². The zero-order valence-electron chi connectivity index (χ0n) is 8.21. The Morgan fingerprint density at radius 1 is 1.67 bits per heavy atom. The van der Waals surface area contributed by atoms with E-state index in [9.17, 15) is 5.11 Å². The summed E-state index contributed by atoms with van der Waals surface area (Å²) in [4.78, 5) is 0. The van der Waals surface area contributed by atoms with Crippen LogP contribution in [0.3, 0.4) is 0 Å². The number of aliphatic hydroxyl groups excluding tert-OH is 1. The average Bonchev–Trinajstić information content (AvgIpc) is 2.23. The molecule has 0 aromatic heterocycles. The van der Waals surface area contributed by atoms with E-state index in [0.29, 0.717) is 5.92 Å². The van der Waals surface area contributed by atoms with Crippen LogP contribution >= 0.6 is 0 Å². The van der Waals surface area contributed by atoms with Crippen molar-refractivity contribution < 1.29 is 5.11 Å². The number of allylic oxidation sites excluding steroid dienone is 1. The Morgan fingerprint density at radius 2 is 2.33 bits per heavy atom. The molecule has 0 spiro atoms. The van der Waals surface area contributed by atoms with E-state index in [1.165, 1.54) is 6.42 Å². The molecule has 0 aromatic carbocycles. The molecule has 1 fully saturated rings. The van der Waals surface area contributed by atoms with Gasteiger partial charge in [0, 0.05) is 0 Å². The molecule has 1 heteroatoms. The average molecular weight is 168 g/mol. The van der Waals surface area contributed by atoms with E-state index in [0.717, 1.165) is 19.3 Å². The second kappa shape index (κ2) is 3.61. The fourth-order valence-corrected chi connectivity index (χ4v) is 2.38. The fourth-order valence-electron chi connectivity index (χ4n) is 2.38. The Labute approximate surface area is 75.5 Å². The zero-order valence-corrected chi connectivity index (χ0v) is 8.21. The zero-order chi connectivity index (χ0) is 9.19. The Morgan fingerprint density at radius 3 is 2.75 bits per heavy atom. The van der Waals surface area contributed by atoms with Crippen LogP contribution in [0, 0.1) is 11.3 Å². The fraction of sp³-hybridized carbons (Fsp3) is 0.818. The standard InChI is InChI=1S/C11H20O/c1-4-5-6-11(3)8-9(2)7-10(11)12/h4,9-10,12H,1,5-8H2,2-3H3/t9-,10-,11-/m1/s1. The summed E-state index contributed by atoms with van der Waals surface area (Å²) in [6.07, 6.45) is 6.12. The van der Waals surface area contributed by atoms with Crippen molar-refractivity contribution in [2.45, 2.75) is 45.6 Å². The van der Waals surface area contributed by atoms with Crippen LogP contribution in [0.4, 0.5) is 0 Å². The van der Waals surface area contributed by atoms with E-state index in [4.69, 9.17) is 0 Å². The third kappa shape index (κ3) is 1.89. The minimum Gasteiger partial charge on any atom is -0.393 e. The molecule has 3 atom stereocenters. The lowest BCUT2D eigenvalue weighted by Crippen LogP contribution is -2.25. The first-order chi connectivity index (χ1) is 5.58. The molecule has 0 unspecified atom stereocenters. The summed E-state index contributed by atoms with van der Waals surface area (Å²) >= 11 is 0. The maximum Gasteiger partial charge on any atom is 0.0596 e. The molecule has 1 aliphatic carbocycles. The molecular weight excluding hydrogens is 148 g/mol. The van der Waals surface area contributed by atoms with Crippen LogP contribution in [0.15, 0.2) is 12.7 Å². The van der Waals surface area contributed by atoms with Gasteiger partial charge in [0.25, 0.3) is 0 Å². The summed E-state index contributed by atoms with van der Waals surface area (Å²) in [5, 5.41) is 9.81. The van der Waals surface area contributed by atoms with E-state index in [1.807, 2.05) is 6.08 Å². The lowest BCUT2D eigenvalue weighted by Gasteiger charge is -2.27. The number of hydrogen-bond acceptors (Lipinski definition) is 1. The van der Waals surface area contributed by atoms with Gasteiger partial charge in [0.05, 0.1) is 6.10 Å². The SMILES string of the molecule is C=CCC[C@]1(C)C[C@H](C)C[C@H]1O. The van der Waals surface area contributed by atoms with Crippen molar-refractivity contribution in [3.05, 3.63) is 12.7 Å². The molecule has 0 bridgehead atoms. The monoisotopic (exact) mass is 168 g/mol. The molecule has 0 aromatic rings. The second-order valence-corrected chi connectivity index (χ2v) is 4.54. The summed E-state index contributed by atoms with van der Waals surface area (Å²) in [5.41, 5.74) is 0.160. The molecule has 0 radical (unpaired) electrons. The summed E-state index contributed by atoms with van der Waals surface area (Å²) < 4.78 is 0. The Balaban J connectivity index is 2.51. The summed E-state index contributed by atoms with van der Waals surface area (Å²) in [5.74, 6) is 0.690. The molecule has 1 rings (SSSR count). The van der Waals surface area contributed by atoms with Gasteiger partial charge in [-0.25, -0.2) is 0 Å². The van der Waals surface area contributed by atoms with Gasteiger partial charge in [-0.3, -0.25) is 0 Å². The van der Waals surface area contributed by atoms with E-state index >= 15 is 0 Å². The number of rotatable bonds is 3. The van der Waals surface area contributed by atoms with Gasteiger partial charge in [0.1, 0.15) is 0 Å². The quantitative estimate of drug-likeness (QED) is 0.642. The third-order valence-electron chi connectivity index (χ3n) is 3.16. The van der Waals surface area contributed by atoms with Crippen molar-refractivity contribution in [2.75, 3.05) is 0 Å². The molecule has 12 heavy (non-hydrogen) atoms. The predicted octanol–water partition coefficient (Wildman–Crippen LogP) is 2.75. The number of hydrogen-bond donors (Lipinski definition) is 1. The molecule has 0 amide bonds. The number of aliphatic hydroxyl groups is 1. The Hall–Kier alpha value is -0.300. The highest BCUT2D eigenvalue weighted by atomic mass is 16.3. The summed E-state index contributed by atoms with van der Waals surface area (Å²) in [7, 11) is 0. The first kappa shape index (κ1) is 9.79. The maximum absolute atomic E-state index is 9.81. The summed E-state index contributed by atoms with van der Waals surface area (Å²) in [6, 6.07) is 0. The van der Waals surface area contributed by atoms with Gasteiger partial charge >= 0.3 is 0 Å². The lowest BCUT2D eigenvalue weighted by molar-refractivity contribution is 0.0605. The van der Waals surface area contributed by atoms with Crippen molar-refractivity contribution >= 4 is 0 Å². The van der Waals surface area contributed by atoms with Crippen LogP contribution in [-0.2, 0) is 0 Å². The van der Waals surface area contributed by atoms with Crippen LogP contribution < -0.4 is 0 Å². The van der Waals surface area contributed by atoms with E-state index in [2.05, 4.69) is 20.4 Å². The highest BCUT2D eigenvalue weighted by molar-refractivity contribution is 4.92. The molecule has 0 saturated heterocycles. The highest BCUT2D eigenvalue weighted by Crippen LogP contribution is 2.44. The lowest BCUT2D eigenvalue weighted by atomic mass is 9.81. The van der Waals surface area contributed by atoms with Gasteiger partial charge in [-0.2, -0.15) is 0 Å². The minimum atomic E-state index is -0.0903. The first-order valence-electron chi connectivity index (χ1n) is 4.87. The van der Waals surface area contributed by atoms with Crippen LogP contribution in [-0.4, -0.2) is 11.2 Å². The largest absolute Gasteiger partial charge is 0.393 e. The highest BCUT2D eigenvalue weighted by Gasteiger charge is 2.40. The smallest absolute Gasteiger partial charge is 0.0596 e. The van der Waals surface area contributed by atoms with Gasteiger partial charge in [0.2, 0.25) is 0 Å². The molecule has 0 heterocycles. The van der Waals surface area contributed by atoms with Crippen LogP contribution in [0.2, 0.25) is 0 Å². The van der Waals surface area contributed by atoms with Gasteiger partial charge in [0.15, 0.2) is 0 Å². The third-order valence-corrected chi connectivity index (χ3v) is 3.16. The normalized spacial score (nSPS) is 41.6. The molecule has 1 aliphatic rings. The first-order valence-corrected chi connectivity index (χ1v) is 4.87. The van der Waals surface area contributed by atoms with Gasteiger partial charge in [-0.1, -0.05) is 19.9 Å². The second-order valence-electron chi connectivity index (χ2n) is 4.54. The minimum absolute atomic E-state index is 0.0903. The summed E-state index contributed by atoms with van der Waals surface area (Å²) in [6.45, 7) is 8.14. The topological polar surface area (TPSA) is 20.2 Å². The molecule has 1 nitrogen and oxygen atoms in total. The van der Waals surface area contributed by atoms with Crippen molar-refractivity contribution in [3.63, 3.8) is 0 Å². The molecule has 1 N–H and O–H groups in total. The van der Waals surface area contributed by atoms with Crippen LogP contribution in [0.25, 0.3) is 0 Å². The molecule has 0 aliphatic heterocycles. The van der Waals surface area contributed by atoms with E-state index in [-0.39, 0.29) is 11.5 Å². The van der Waals surface area contributed by atoms with Gasteiger partial charge in [-0.05, 0) is 37.0 Å². The Kier molecular flexibility index (Phi) is 2.94. The molecular formula is C11H20O. The van der Waals surface area contributed by atoms with E-state index < -0.39 is 0 Å². The van der Waals surface area contributed by atoms with Crippen LogP contribution in [0.5, 0.6) is 0 Å². The molecule has 1 saturated carbocycles. The van der Waals surface area contributed by atoms with Crippen molar-refractivity contribution in [3.8, 4) is 0 Å². The van der Waals surface area contributed by atoms with Crippen LogP contribution in [0.1, 0.15) is 39.5 Å². The van der Waals surface area contributed by atoms with Crippen molar-refractivity contribution in [1.82, 2.24) is 0 Å². The van der Waals surface area contributed by atoms with Gasteiger partial charge in [-0.15, -0.1) is 6.58 Å².